The van der Waals surface area contributed by atoms with E-state index in [2.05, 4.69) is 298 Å². The fraction of sp³-hybridized carbons (Fsp3) is 0.684. The second-order valence-corrected chi connectivity index (χ2v) is 41.4. The topological polar surface area (TPSA) is 138 Å². The summed E-state index contributed by atoms with van der Waals surface area (Å²) < 4.78 is 0. The molecular weight excluding hydrogens is 1660 g/mol. The van der Waals surface area contributed by atoms with Crippen LogP contribution in [-0.2, 0) is 128 Å². The minimum absolute atomic E-state index is 0. The fourth-order valence-corrected chi connectivity index (χ4v) is 13.8. The van der Waals surface area contributed by atoms with Crippen LogP contribution in [0.25, 0.3) is 0 Å². The van der Waals surface area contributed by atoms with Gasteiger partial charge in [-0.3, -0.25) is 0 Å². The average molecular weight is 1780 g/mol. The number of rotatable bonds is 8. The maximum Gasteiger partial charge on any atom is 2.00 e. The van der Waals surface area contributed by atoms with Gasteiger partial charge in [0.15, 0.2) is 0 Å². The molecule has 0 aliphatic heterocycles. The molecule has 504 valence electrons. The van der Waals surface area contributed by atoms with Gasteiger partial charge in [-0.05, 0) is 0 Å². The second kappa shape index (κ2) is 28.1. The van der Waals surface area contributed by atoms with E-state index >= 15 is 0 Å². The van der Waals surface area contributed by atoms with Crippen LogP contribution in [0.3, 0.4) is 0 Å². The van der Waals surface area contributed by atoms with Crippen LogP contribution >= 0.6 is 15.9 Å². The van der Waals surface area contributed by atoms with Crippen LogP contribution in [0.2, 0.25) is 0 Å². The molecule has 0 unspecified atom stereocenters. The SMILES string of the molecule is CC(C)(C)c1cc(C(C)(C)C)c(C(C[PH]([O-])([O-])[O-])c2c(C(C)(C)C)cc(C(C)(C)C)cc2C(C)(C)C)c(C(C)(C)C)c1.CC(C)(C)c1cc(C(C)(C)C)c(C(C[PH]([O-])([O-])[O-])c2c(C(C)(C)C)cc(C(C)(C)C)cc2C(C)(C)C)c(C(C)(C)C)c1.[Pt+2].[Pt+2].[Pt+2]. The van der Waals surface area contributed by atoms with Gasteiger partial charge in [0, 0.05) is 0 Å². The second-order valence-electron chi connectivity index (χ2n) is 37.8. The monoisotopic (exact) mass is 1780 g/mol. The summed E-state index contributed by atoms with van der Waals surface area (Å²) in [6.45, 7) is 79.6. The van der Waals surface area contributed by atoms with Crippen molar-refractivity contribution in [3.8, 4) is 0 Å². The Balaban J connectivity index is 0.00000164. The van der Waals surface area contributed by atoms with Crippen molar-refractivity contribution in [3.05, 3.63) is 138 Å². The molecule has 0 aromatic heterocycles. The third kappa shape index (κ3) is 22.9. The van der Waals surface area contributed by atoms with Gasteiger partial charge in [-0.2, -0.15) is 0 Å². The Morgan fingerprint density at radius 1 is 0.218 bits per heavy atom. The summed E-state index contributed by atoms with van der Waals surface area (Å²) in [7, 11) is -10.5. The van der Waals surface area contributed by atoms with Crippen molar-refractivity contribution in [2.24, 2.45) is 0 Å². The third-order valence-corrected chi connectivity index (χ3v) is 18.8. The molecule has 0 aliphatic carbocycles. The Morgan fingerprint density at radius 2 is 0.322 bits per heavy atom. The van der Waals surface area contributed by atoms with E-state index in [9.17, 15) is 29.4 Å². The summed E-state index contributed by atoms with van der Waals surface area (Å²) in [5.41, 5.74) is 15.4. The summed E-state index contributed by atoms with van der Waals surface area (Å²) in [6, 6.07) is 18.3. The van der Waals surface area contributed by atoms with E-state index in [1.807, 2.05) is 0 Å². The van der Waals surface area contributed by atoms with Crippen LogP contribution in [0.4, 0.5) is 0 Å². The van der Waals surface area contributed by atoms with Crippen molar-refractivity contribution in [1.29, 1.82) is 0 Å². The Kier molecular flexibility index (Phi) is 28.0. The predicted octanol–water partition coefficient (Wildman–Crippen LogP) is 16.4. The molecule has 11 heteroatoms. The predicted molar refractivity (Wildman–Crippen MR) is 360 cm³/mol. The Hall–Kier alpha value is -0.435. The molecule has 87 heavy (non-hydrogen) atoms. The molecule has 4 rings (SSSR count). The van der Waals surface area contributed by atoms with Crippen LogP contribution in [0.5, 0.6) is 0 Å². The maximum absolute atomic E-state index is 13.0. The van der Waals surface area contributed by atoms with E-state index < -0.39 is 40.0 Å². The molecule has 0 saturated carbocycles. The van der Waals surface area contributed by atoms with Crippen molar-refractivity contribution in [2.75, 3.05) is 12.3 Å². The van der Waals surface area contributed by atoms with Crippen molar-refractivity contribution >= 4 is 15.9 Å². The van der Waals surface area contributed by atoms with Gasteiger partial charge in [0.2, 0.25) is 0 Å². The normalized spacial score (nSPS) is 14.5. The molecule has 0 N–H and O–H groups in total. The smallest absolute Gasteiger partial charge is 2.00 e. The zero-order valence-corrected chi connectivity index (χ0v) is 70.4. The van der Waals surface area contributed by atoms with Crippen molar-refractivity contribution in [2.45, 2.75) is 326 Å². The molecule has 0 atom stereocenters. The molecule has 0 saturated heterocycles. The Morgan fingerprint density at radius 3 is 0.391 bits per heavy atom. The molecule has 4 aromatic carbocycles. The van der Waals surface area contributed by atoms with E-state index in [1.54, 1.807) is 0 Å². The van der Waals surface area contributed by atoms with Gasteiger partial charge in [0.25, 0.3) is 0 Å². The molecule has 0 bridgehead atoms. The van der Waals surface area contributed by atoms with Crippen molar-refractivity contribution in [3.63, 3.8) is 0 Å². The largest absolute Gasteiger partial charge is 2.00 e. The molecule has 0 fully saturated rings. The summed E-state index contributed by atoms with van der Waals surface area (Å²) in [6.07, 6.45) is -0.843. The van der Waals surface area contributed by atoms with Crippen LogP contribution < -0.4 is 29.4 Å². The van der Waals surface area contributed by atoms with E-state index in [0.717, 1.165) is 66.8 Å². The molecule has 4 aromatic rings. The van der Waals surface area contributed by atoms with Gasteiger partial charge in [-0.15, -0.1) is 0 Å². The molecule has 0 amide bonds. The summed E-state index contributed by atoms with van der Waals surface area (Å²) in [4.78, 5) is 77.9. The molecule has 0 aliphatic rings. The minimum Gasteiger partial charge on any atom is 2.00 e. The third-order valence-electron chi connectivity index (χ3n) is 17.0. The van der Waals surface area contributed by atoms with Gasteiger partial charge in [-0.25, -0.2) is 0 Å². The molecule has 0 spiro atoms. The average Bonchev–Trinajstić information content (AvgIpc) is 0.850. The van der Waals surface area contributed by atoms with Gasteiger partial charge in [0.05, 0.1) is 0 Å². The Bertz CT molecular complexity index is 2430. The molecular formula is C76H124O6P2Pt3. The summed E-state index contributed by atoms with van der Waals surface area (Å²) >= 11 is 0. The van der Waals surface area contributed by atoms with Gasteiger partial charge < -0.3 is 0 Å². The first kappa shape index (κ1) is 86.6. The van der Waals surface area contributed by atoms with Crippen molar-refractivity contribution < 1.29 is 92.6 Å². The number of hydrogen-bond donors (Lipinski definition) is 0. The summed E-state index contributed by atoms with van der Waals surface area (Å²) in [5, 5.41) is 0. The van der Waals surface area contributed by atoms with E-state index in [0.29, 0.717) is 0 Å². The minimum atomic E-state index is -5.26. The van der Waals surface area contributed by atoms with Gasteiger partial charge in [-0.1, -0.05) is 0 Å². The zero-order chi connectivity index (χ0) is 66.5. The van der Waals surface area contributed by atoms with Crippen molar-refractivity contribution in [1.82, 2.24) is 0 Å². The van der Waals surface area contributed by atoms with E-state index in [4.69, 9.17) is 0 Å². The molecule has 0 heterocycles. The van der Waals surface area contributed by atoms with Crippen LogP contribution in [-0.4, -0.2) is 12.3 Å². The van der Waals surface area contributed by atoms with E-state index in [-0.39, 0.29) is 128 Å². The number of benzene rings is 4. The van der Waals surface area contributed by atoms with E-state index in [1.165, 1.54) is 22.3 Å². The van der Waals surface area contributed by atoms with Crippen LogP contribution in [0.1, 0.15) is 350 Å². The standard InChI is InChI=1S/2C38H62O3P.3Pt/c2*1-33(2,3)24-19-27(35(7,8)9)31(28(20-24)36(10,11)12)26(23-42(39,40)41)32-29(37(13,14)15)21-25(34(4,5)6)22-30(32)38(16,17)18;;;/h2*19-22,26,42H,23H2,1-18H3;;;/q2*-3;3*+2. The quantitative estimate of drug-likeness (QED) is 0.161. The molecule has 6 nitrogen and oxygen atoms in total. The fourth-order valence-electron chi connectivity index (χ4n) is 12.0. The van der Waals surface area contributed by atoms with Gasteiger partial charge in [0.1, 0.15) is 0 Å². The maximum atomic E-state index is 13.0. The first-order valence-electron chi connectivity index (χ1n) is 31.5. The first-order valence-corrected chi connectivity index (χ1v) is 35.4. The van der Waals surface area contributed by atoms with Crippen LogP contribution in [0, 0.1) is 0 Å². The first-order chi connectivity index (χ1) is 36.5. The molecule has 0 radical (unpaired) electrons. The van der Waals surface area contributed by atoms with Crippen LogP contribution in [0.15, 0.2) is 48.5 Å². The number of hydrogen-bond acceptors (Lipinski definition) is 6. The summed E-state index contributed by atoms with van der Waals surface area (Å²) in [5.74, 6) is -1.17. The van der Waals surface area contributed by atoms with Gasteiger partial charge >= 0.3 is 584 Å². The Labute approximate surface area is 579 Å². The zero-order valence-electron chi connectivity index (χ0n) is 61.6.